The Morgan fingerprint density at radius 3 is 2.40 bits per heavy atom. The molecule has 4 aromatic rings. The van der Waals surface area contributed by atoms with Gasteiger partial charge in [0.25, 0.3) is 5.91 Å². The van der Waals surface area contributed by atoms with Crippen molar-refractivity contribution in [3.8, 4) is 16.9 Å². The summed E-state index contributed by atoms with van der Waals surface area (Å²) in [5, 5.41) is 8.16. The number of ether oxygens (including phenoxy) is 1. The van der Waals surface area contributed by atoms with Crippen LogP contribution in [0.25, 0.3) is 11.1 Å². The lowest BCUT2D eigenvalue weighted by molar-refractivity contribution is -0.137. The number of para-hydroxylation sites is 1. The SMILES string of the molecule is BC(B)(c1ccccc1OCCCCCC(=O)O)N(CCc1ccccn1)C(=O)c1ccc(-c2ccoc2)cc1. The van der Waals surface area contributed by atoms with Crippen LogP contribution in [-0.2, 0) is 16.6 Å². The van der Waals surface area contributed by atoms with E-state index in [-0.39, 0.29) is 12.3 Å². The number of aliphatic carboxylic acids is 1. The number of aromatic nitrogens is 1. The van der Waals surface area contributed by atoms with Gasteiger partial charge in [-0.05, 0) is 61.2 Å². The quantitative estimate of drug-likeness (QED) is 0.193. The first-order chi connectivity index (χ1) is 19.4. The number of pyridine rings is 1. The number of hydrogen-bond donors (Lipinski definition) is 1. The molecule has 0 atom stereocenters. The molecule has 2 heterocycles. The molecule has 0 aliphatic heterocycles. The molecule has 0 aliphatic carbocycles. The van der Waals surface area contributed by atoms with Crippen LogP contribution < -0.4 is 4.74 Å². The van der Waals surface area contributed by atoms with Crippen LogP contribution in [0.4, 0.5) is 0 Å². The number of carboxylic acids is 1. The van der Waals surface area contributed by atoms with Gasteiger partial charge in [-0.25, -0.2) is 0 Å². The van der Waals surface area contributed by atoms with E-state index in [2.05, 4.69) is 4.98 Å². The lowest BCUT2D eigenvalue weighted by atomic mass is 9.56. The third kappa shape index (κ3) is 7.44. The smallest absolute Gasteiger partial charge is 0.303 e. The topological polar surface area (TPSA) is 92.9 Å². The van der Waals surface area contributed by atoms with E-state index in [9.17, 15) is 9.59 Å². The molecule has 7 nitrogen and oxygen atoms in total. The van der Waals surface area contributed by atoms with E-state index in [0.717, 1.165) is 41.0 Å². The predicted molar refractivity (Wildman–Crippen MR) is 160 cm³/mol. The molecule has 1 amide bonds. The van der Waals surface area contributed by atoms with Crippen LogP contribution in [0.1, 0.15) is 47.3 Å². The van der Waals surface area contributed by atoms with E-state index in [4.69, 9.17) is 14.3 Å². The van der Waals surface area contributed by atoms with Gasteiger partial charge >= 0.3 is 5.97 Å². The molecule has 0 saturated heterocycles. The zero-order chi connectivity index (χ0) is 28.4. The minimum absolute atomic E-state index is 0.0804. The number of rotatable bonds is 14. The van der Waals surface area contributed by atoms with Crippen LogP contribution in [0.15, 0.2) is 95.9 Å². The molecule has 9 heteroatoms. The van der Waals surface area contributed by atoms with E-state index in [1.165, 1.54) is 0 Å². The van der Waals surface area contributed by atoms with Crippen LogP contribution in [0.5, 0.6) is 5.75 Å². The van der Waals surface area contributed by atoms with Crippen molar-refractivity contribution in [2.45, 2.75) is 37.4 Å². The summed E-state index contributed by atoms with van der Waals surface area (Å²) in [5.74, 6) is -0.139. The van der Waals surface area contributed by atoms with Crippen molar-refractivity contribution < 1.29 is 23.8 Å². The van der Waals surface area contributed by atoms with Gasteiger partial charge in [0, 0.05) is 53.3 Å². The summed E-state index contributed by atoms with van der Waals surface area (Å²) in [4.78, 5) is 31.2. The first kappa shape index (κ1) is 28.7. The highest BCUT2D eigenvalue weighted by Crippen LogP contribution is 2.32. The van der Waals surface area contributed by atoms with Gasteiger partial charge < -0.3 is 19.2 Å². The van der Waals surface area contributed by atoms with Crippen molar-refractivity contribution in [1.29, 1.82) is 0 Å². The minimum atomic E-state index is -0.778. The predicted octanol–water partition coefficient (Wildman–Crippen LogP) is 4.13. The van der Waals surface area contributed by atoms with Crippen LogP contribution in [0, 0.1) is 0 Å². The van der Waals surface area contributed by atoms with Gasteiger partial charge in [-0.2, -0.15) is 0 Å². The summed E-state index contributed by atoms with van der Waals surface area (Å²) in [7, 11) is 4.08. The fraction of sp³-hybridized carbons (Fsp3) is 0.258. The fourth-order valence-electron chi connectivity index (χ4n) is 4.78. The first-order valence-electron chi connectivity index (χ1n) is 13.6. The van der Waals surface area contributed by atoms with Gasteiger partial charge in [-0.1, -0.05) is 36.4 Å². The molecule has 0 unspecified atom stereocenters. The third-order valence-corrected chi connectivity index (χ3v) is 7.06. The second-order valence-electron chi connectivity index (χ2n) is 10.2. The van der Waals surface area contributed by atoms with Crippen LogP contribution >= 0.6 is 0 Å². The van der Waals surface area contributed by atoms with Crippen molar-refractivity contribution in [3.05, 3.63) is 108 Å². The Morgan fingerprint density at radius 1 is 0.925 bits per heavy atom. The molecular formula is C31H34B2N2O5. The molecule has 2 aromatic carbocycles. The zero-order valence-electron chi connectivity index (χ0n) is 23.1. The van der Waals surface area contributed by atoms with E-state index in [1.54, 1.807) is 18.7 Å². The lowest BCUT2D eigenvalue weighted by Gasteiger charge is -2.40. The molecule has 2 aromatic heterocycles. The molecule has 1 N–H and O–H groups in total. The Bertz CT molecular complexity index is 1380. The minimum Gasteiger partial charge on any atom is -0.493 e. The maximum absolute atomic E-state index is 14.1. The van der Waals surface area contributed by atoms with Gasteiger partial charge in [-0.15, -0.1) is 0 Å². The highest BCUT2D eigenvalue weighted by atomic mass is 16.5. The van der Waals surface area contributed by atoms with Crippen molar-refractivity contribution >= 4 is 27.6 Å². The largest absolute Gasteiger partial charge is 0.493 e. The van der Waals surface area contributed by atoms with Crippen molar-refractivity contribution in [2.75, 3.05) is 13.2 Å². The molecule has 0 spiro atoms. The number of carbonyl (C=O) groups excluding carboxylic acids is 1. The molecule has 0 radical (unpaired) electrons. The molecular weight excluding hydrogens is 502 g/mol. The molecule has 40 heavy (non-hydrogen) atoms. The summed E-state index contributed by atoms with van der Waals surface area (Å²) in [6, 6.07) is 23.1. The molecule has 204 valence electrons. The average molecular weight is 536 g/mol. The number of nitrogens with zero attached hydrogens (tertiary/aromatic N) is 2. The van der Waals surface area contributed by atoms with Crippen LogP contribution in [0.2, 0.25) is 0 Å². The van der Waals surface area contributed by atoms with E-state index in [1.807, 2.05) is 93.4 Å². The zero-order valence-corrected chi connectivity index (χ0v) is 23.1. The Hall–Kier alpha value is -4.26. The van der Waals surface area contributed by atoms with Crippen LogP contribution in [0.3, 0.4) is 0 Å². The third-order valence-electron chi connectivity index (χ3n) is 7.06. The molecule has 4 rings (SSSR count). The number of hydrogen-bond acceptors (Lipinski definition) is 5. The Kier molecular flexibility index (Phi) is 9.84. The molecule has 0 saturated carbocycles. The summed E-state index contributed by atoms with van der Waals surface area (Å²) in [6.45, 7) is 0.944. The monoisotopic (exact) mass is 536 g/mol. The fourth-order valence-corrected chi connectivity index (χ4v) is 4.78. The highest BCUT2D eigenvalue weighted by molar-refractivity contribution is 6.41. The van der Waals surface area contributed by atoms with E-state index in [0.29, 0.717) is 31.6 Å². The second kappa shape index (κ2) is 13.7. The van der Waals surface area contributed by atoms with Gasteiger partial charge in [-0.3, -0.25) is 14.6 Å². The first-order valence-corrected chi connectivity index (χ1v) is 13.6. The maximum atomic E-state index is 14.1. The number of unbranched alkanes of at least 4 members (excludes halogenated alkanes) is 2. The molecule has 0 bridgehead atoms. The van der Waals surface area contributed by atoms with E-state index < -0.39 is 11.3 Å². The molecule has 0 aliphatic rings. The Balaban J connectivity index is 1.57. The summed E-state index contributed by atoms with van der Waals surface area (Å²) >= 11 is 0. The number of carbonyl (C=O) groups is 2. The number of amides is 1. The summed E-state index contributed by atoms with van der Waals surface area (Å²) in [5.41, 5.74) is 4.35. The normalized spacial score (nSPS) is 11.2. The van der Waals surface area contributed by atoms with Crippen molar-refractivity contribution in [1.82, 2.24) is 9.88 Å². The number of furan rings is 1. The van der Waals surface area contributed by atoms with Gasteiger partial charge in [0.15, 0.2) is 0 Å². The van der Waals surface area contributed by atoms with Crippen LogP contribution in [-0.4, -0.2) is 55.7 Å². The summed E-state index contributed by atoms with van der Waals surface area (Å²) in [6.07, 6.45) is 8.01. The second-order valence-corrected chi connectivity index (χ2v) is 10.2. The highest BCUT2D eigenvalue weighted by Gasteiger charge is 2.35. The van der Waals surface area contributed by atoms with Gasteiger partial charge in [0.1, 0.15) is 21.4 Å². The van der Waals surface area contributed by atoms with Gasteiger partial charge in [0.2, 0.25) is 0 Å². The Labute approximate surface area is 237 Å². The Morgan fingerprint density at radius 2 is 1.70 bits per heavy atom. The van der Waals surface area contributed by atoms with Crippen molar-refractivity contribution in [2.24, 2.45) is 0 Å². The molecule has 0 fully saturated rings. The number of benzene rings is 2. The maximum Gasteiger partial charge on any atom is 0.303 e. The van der Waals surface area contributed by atoms with Crippen molar-refractivity contribution in [3.63, 3.8) is 0 Å². The summed E-state index contributed by atoms with van der Waals surface area (Å²) < 4.78 is 11.4. The number of carboxylic acid groups (broad SMARTS) is 1. The average Bonchev–Trinajstić information content (AvgIpc) is 3.51. The van der Waals surface area contributed by atoms with E-state index >= 15 is 0 Å². The van der Waals surface area contributed by atoms with Gasteiger partial charge in [0.05, 0.1) is 19.1 Å². The standard InChI is InChI=1S/C31H34B2N2O5/c32-31(33,27-9-3-4-10-28(27)40-20-7-1-2-11-29(36)37)35(19-16-26-8-5-6-18-34-26)30(38)24-14-12-23(13-15-24)25-17-21-39-22-25/h3-6,8-10,12-15,17-18,21-22H,1-2,7,11,16,19-20,32-33H2,(H,36,37). The lowest BCUT2D eigenvalue weighted by Crippen LogP contribution is -2.51.